The van der Waals surface area contributed by atoms with Gasteiger partial charge in [-0.3, -0.25) is 4.79 Å². The molecule has 2 aromatic carbocycles. The fourth-order valence-corrected chi connectivity index (χ4v) is 2.91. The van der Waals surface area contributed by atoms with Crippen LogP contribution in [0, 0.1) is 6.92 Å². The fourth-order valence-electron chi connectivity index (χ4n) is 2.91. The van der Waals surface area contributed by atoms with Gasteiger partial charge in [-0.1, -0.05) is 48.5 Å². The van der Waals surface area contributed by atoms with Crippen molar-refractivity contribution in [3.8, 4) is 22.4 Å². The number of hydrogen-bond acceptors (Lipinski definition) is 1. The van der Waals surface area contributed by atoms with Gasteiger partial charge < -0.3 is 5.11 Å². The lowest BCUT2D eigenvalue weighted by atomic mass is 10.0. The molecule has 3 rings (SSSR count). The molecule has 0 aliphatic carbocycles. The van der Waals surface area contributed by atoms with E-state index in [4.69, 9.17) is 5.11 Å². The molecular weight excluding hydrogens is 298 g/mol. The zero-order valence-electron chi connectivity index (χ0n) is 13.6. The minimum absolute atomic E-state index is 0.107. The van der Waals surface area contributed by atoms with Gasteiger partial charge in [0.2, 0.25) is 5.69 Å². The van der Waals surface area contributed by atoms with Crippen molar-refractivity contribution in [3.05, 3.63) is 78.5 Å². The zero-order chi connectivity index (χ0) is 16.9. The summed E-state index contributed by atoms with van der Waals surface area (Å²) in [6, 6.07) is 24.6. The van der Waals surface area contributed by atoms with Gasteiger partial charge in [-0.15, -0.1) is 0 Å². The largest absolute Gasteiger partial charge is 0.481 e. The predicted molar refractivity (Wildman–Crippen MR) is 94.5 cm³/mol. The van der Waals surface area contributed by atoms with E-state index in [9.17, 15) is 4.79 Å². The molecule has 0 aliphatic rings. The predicted octanol–water partition coefficient (Wildman–Crippen LogP) is 4.09. The van der Waals surface area contributed by atoms with E-state index < -0.39 is 5.97 Å². The van der Waals surface area contributed by atoms with Gasteiger partial charge in [-0.05, 0) is 23.3 Å². The van der Waals surface area contributed by atoms with Crippen molar-refractivity contribution >= 4 is 5.97 Å². The highest BCUT2D eigenvalue weighted by atomic mass is 16.4. The summed E-state index contributed by atoms with van der Waals surface area (Å²) in [5.41, 5.74) is 5.47. The molecule has 1 aromatic heterocycles. The summed E-state index contributed by atoms with van der Waals surface area (Å²) in [5, 5.41) is 9.05. The van der Waals surface area contributed by atoms with Crippen LogP contribution in [0.3, 0.4) is 0 Å². The second-order valence-corrected chi connectivity index (χ2v) is 5.80. The number of benzene rings is 2. The lowest BCUT2D eigenvalue weighted by molar-refractivity contribution is -0.691. The molecule has 0 spiro atoms. The van der Waals surface area contributed by atoms with Gasteiger partial charge in [-0.2, -0.15) is 4.57 Å². The molecule has 0 saturated carbocycles. The summed E-state index contributed by atoms with van der Waals surface area (Å²) in [6.07, 6.45) is 0.107. The second-order valence-electron chi connectivity index (χ2n) is 5.80. The van der Waals surface area contributed by atoms with Crippen LogP contribution in [0.4, 0.5) is 0 Å². The second kappa shape index (κ2) is 7.09. The minimum Gasteiger partial charge on any atom is -0.481 e. The molecule has 3 nitrogen and oxygen atoms in total. The fraction of sp³-hybridized carbons (Fsp3) is 0.143. The first-order valence-corrected chi connectivity index (χ1v) is 8.02. The first-order valence-electron chi connectivity index (χ1n) is 8.02. The Hall–Kier alpha value is -2.94. The third kappa shape index (κ3) is 3.51. The quantitative estimate of drug-likeness (QED) is 0.720. The molecule has 24 heavy (non-hydrogen) atoms. The van der Waals surface area contributed by atoms with E-state index in [1.807, 2.05) is 43.3 Å². The van der Waals surface area contributed by atoms with E-state index in [2.05, 4.69) is 41.0 Å². The Morgan fingerprint density at radius 3 is 2.04 bits per heavy atom. The van der Waals surface area contributed by atoms with Crippen LogP contribution in [0.25, 0.3) is 22.4 Å². The summed E-state index contributed by atoms with van der Waals surface area (Å²) in [6.45, 7) is 2.49. The van der Waals surface area contributed by atoms with E-state index in [1.54, 1.807) is 0 Å². The Morgan fingerprint density at radius 2 is 1.46 bits per heavy atom. The van der Waals surface area contributed by atoms with E-state index in [0.29, 0.717) is 6.54 Å². The topological polar surface area (TPSA) is 41.2 Å². The molecule has 0 bridgehead atoms. The van der Waals surface area contributed by atoms with Crippen LogP contribution in [-0.4, -0.2) is 11.1 Å². The summed E-state index contributed by atoms with van der Waals surface area (Å²) >= 11 is 0. The molecule has 3 aromatic rings. The highest BCUT2D eigenvalue weighted by Crippen LogP contribution is 2.25. The van der Waals surface area contributed by atoms with Crippen molar-refractivity contribution in [1.82, 2.24) is 0 Å². The number of aliphatic carboxylic acids is 1. The van der Waals surface area contributed by atoms with Crippen molar-refractivity contribution in [1.29, 1.82) is 0 Å². The van der Waals surface area contributed by atoms with Gasteiger partial charge in [0.1, 0.15) is 6.42 Å². The van der Waals surface area contributed by atoms with Crippen molar-refractivity contribution in [2.75, 3.05) is 0 Å². The van der Waals surface area contributed by atoms with Crippen molar-refractivity contribution in [2.24, 2.45) is 0 Å². The number of carboxylic acid groups (broad SMARTS) is 1. The van der Waals surface area contributed by atoms with Gasteiger partial charge in [0, 0.05) is 24.6 Å². The molecule has 1 N–H and O–H groups in total. The Labute approximate surface area is 141 Å². The maximum absolute atomic E-state index is 11.0. The van der Waals surface area contributed by atoms with Gasteiger partial charge >= 0.3 is 5.97 Å². The van der Waals surface area contributed by atoms with Crippen molar-refractivity contribution in [3.63, 3.8) is 0 Å². The first-order chi connectivity index (χ1) is 11.6. The van der Waals surface area contributed by atoms with Crippen molar-refractivity contribution in [2.45, 2.75) is 19.9 Å². The molecule has 0 fully saturated rings. The molecule has 0 unspecified atom stereocenters. The summed E-state index contributed by atoms with van der Waals surface area (Å²) < 4.78 is 2.08. The number of rotatable bonds is 5. The smallest absolute Gasteiger partial charge is 0.309 e. The third-order valence-corrected chi connectivity index (χ3v) is 4.10. The zero-order valence-corrected chi connectivity index (χ0v) is 13.6. The van der Waals surface area contributed by atoms with E-state index in [1.165, 1.54) is 0 Å². The van der Waals surface area contributed by atoms with Crippen LogP contribution in [0.1, 0.15) is 12.1 Å². The average Bonchev–Trinajstić information content (AvgIpc) is 2.61. The van der Waals surface area contributed by atoms with E-state index in [0.717, 1.165) is 28.1 Å². The number of carboxylic acids is 1. The van der Waals surface area contributed by atoms with Gasteiger partial charge in [0.15, 0.2) is 12.2 Å². The highest BCUT2D eigenvalue weighted by Gasteiger charge is 2.19. The van der Waals surface area contributed by atoms with Crippen molar-refractivity contribution < 1.29 is 14.5 Å². The molecule has 0 saturated heterocycles. The number of aromatic nitrogens is 1. The Balaban J connectivity index is 2.14. The molecular formula is C21H20NO2+. The third-order valence-electron chi connectivity index (χ3n) is 4.10. The van der Waals surface area contributed by atoms with Gasteiger partial charge in [0.05, 0.1) is 0 Å². The van der Waals surface area contributed by atoms with Crippen LogP contribution in [0.5, 0.6) is 0 Å². The summed E-state index contributed by atoms with van der Waals surface area (Å²) in [5.74, 6) is -0.784. The van der Waals surface area contributed by atoms with Crippen LogP contribution >= 0.6 is 0 Å². The minimum atomic E-state index is -0.784. The standard InChI is InChI=1S/C21H19NO2/c1-16-14-19(17-8-4-2-5-9-17)15-20(18-10-6-3-7-11-18)22(16)13-12-21(23)24/h2-11,14-15H,12-13H2,1H3/p+1. The van der Waals surface area contributed by atoms with E-state index in [-0.39, 0.29) is 6.42 Å². The Kier molecular flexibility index (Phi) is 4.71. The number of aryl methyl sites for hydroxylation is 1. The molecule has 0 atom stereocenters. The highest BCUT2D eigenvalue weighted by molar-refractivity contribution is 5.69. The van der Waals surface area contributed by atoms with Crippen LogP contribution in [0.15, 0.2) is 72.8 Å². The lowest BCUT2D eigenvalue weighted by Crippen LogP contribution is -2.40. The number of pyridine rings is 1. The van der Waals surface area contributed by atoms with Crippen LogP contribution in [0.2, 0.25) is 0 Å². The lowest BCUT2D eigenvalue weighted by Gasteiger charge is -2.10. The maximum atomic E-state index is 11.0. The number of carbonyl (C=O) groups is 1. The number of hydrogen-bond donors (Lipinski definition) is 1. The van der Waals surface area contributed by atoms with E-state index >= 15 is 0 Å². The first kappa shape index (κ1) is 15.9. The maximum Gasteiger partial charge on any atom is 0.309 e. The average molecular weight is 318 g/mol. The SMILES string of the molecule is Cc1cc(-c2ccccc2)cc(-c2ccccc2)[n+]1CCC(=O)O. The normalized spacial score (nSPS) is 10.5. The number of nitrogens with zero attached hydrogens (tertiary/aromatic N) is 1. The molecule has 0 aliphatic heterocycles. The molecule has 0 radical (unpaired) electrons. The van der Waals surface area contributed by atoms with Crippen LogP contribution in [-0.2, 0) is 11.3 Å². The van der Waals surface area contributed by atoms with Gasteiger partial charge in [0.25, 0.3) is 0 Å². The summed E-state index contributed by atoms with van der Waals surface area (Å²) in [4.78, 5) is 11.0. The van der Waals surface area contributed by atoms with Gasteiger partial charge in [-0.25, -0.2) is 0 Å². The Morgan fingerprint density at radius 1 is 0.875 bits per heavy atom. The molecule has 3 heteroatoms. The van der Waals surface area contributed by atoms with Crippen LogP contribution < -0.4 is 4.57 Å². The Bertz CT molecular complexity index is 842. The monoisotopic (exact) mass is 318 g/mol. The molecule has 120 valence electrons. The summed E-state index contributed by atoms with van der Waals surface area (Å²) in [7, 11) is 0. The molecule has 0 amide bonds. The molecule has 1 heterocycles.